The number of hydrogen-bond donors (Lipinski definition) is 0. The van der Waals surface area contributed by atoms with Gasteiger partial charge in [-0.25, -0.2) is 19.9 Å². The van der Waals surface area contributed by atoms with E-state index in [-0.39, 0.29) is 0 Å². The molecule has 0 saturated heterocycles. The molecular weight excluding hydrogens is 683 g/mol. The Morgan fingerprint density at radius 1 is 0.382 bits per heavy atom. The topological polar surface area (TPSA) is 199 Å². The van der Waals surface area contributed by atoms with Crippen LogP contribution >= 0.6 is 0 Å². The Kier molecular flexibility index (Phi) is 8.21. The molecular formula is C44H19N11. The molecule has 11 nitrogen and oxygen atoms in total. The van der Waals surface area contributed by atoms with Gasteiger partial charge in [-0.05, 0) is 89.0 Å². The van der Waals surface area contributed by atoms with Crippen LogP contribution in [0.1, 0.15) is 33.4 Å². The first-order chi connectivity index (χ1) is 27.0. The molecule has 0 N–H and O–H groups in total. The van der Waals surface area contributed by atoms with E-state index in [4.69, 9.17) is 0 Å². The molecule has 0 radical (unpaired) electrons. The Labute approximate surface area is 313 Å². The van der Waals surface area contributed by atoms with Crippen molar-refractivity contribution in [3.8, 4) is 87.1 Å². The molecule has 0 amide bonds. The molecule has 250 valence electrons. The third-order valence-electron chi connectivity index (χ3n) is 9.22. The van der Waals surface area contributed by atoms with E-state index in [0.717, 1.165) is 32.9 Å². The molecule has 0 bridgehead atoms. The van der Waals surface area contributed by atoms with E-state index in [1.54, 1.807) is 36.4 Å². The second-order valence-electron chi connectivity index (χ2n) is 12.3. The second kappa shape index (κ2) is 13.6. The van der Waals surface area contributed by atoms with E-state index in [1.165, 1.54) is 24.8 Å². The molecule has 3 aromatic heterocycles. The SMILES string of the molecule is N#Cc1cnc(-c2ccc(-n3c4ccc(-c5ccc(C#N)cc5C#N)cc4c4cc(-c5ccc(C#N)cc5C#N)ccc43)c(-c3ncc(C#N)cn3)c2)nc1. The standard InChI is InChI=1S/C44H19N11/c45-16-26-1-6-35(33(11-26)20-49)30-3-8-40-37(13-30)38-14-31(36-7-2-27(17-46)12-34(36)21-50)4-9-41(38)55(40)42-10-5-32(43-51-22-28(18-47)23-52-43)15-39(42)44-53-24-29(19-48)25-54-44/h1-15,22-25H. The van der Waals surface area contributed by atoms with Gasteiger partial charge >= 0.3 is 0 Å². The molecule has 0 fully saturated rings. The number of rotatable bonds is 5. The molecule has 8 aromatic rings. The van der Waals surface area contributed by atoms with Gasteiger partial charge in [0, 0.05) is 46.7 Å². The van der Waals surface area contributed by atoms with Gasteiger partial charge in [-0.15, -0.1) is 0 Å². The van der Waals surface area contributed by atoms with Crippen molar-refractivity contribution in [1.29, 1.82) is 31.6 Å². The number of nitrogens with zero attached hydrogens (tertiary/aromatic N) is 11. The molecule has 3 heterocycles. The van der Waals surface area contributed by atoms with Gasteiger partial charge in [0.25, 0.3) is 0 Å². The van der Waals surface area contributed by atoms with E-state index < -0.39 is 0 Å². The van der Waals surface area contributed by atoms with Crippen molar-refractivity contribution in [2.24, 2.45) is 0 Å². The molecule has 0 aliphatic heterocycles. The maximum atomic E-state index is 10.0. The number of fused-ring (bicyclic) bond motifs is 3. The Morgan fingerprint density at radius 3 is 1.29 bits per heavy atom. The van der Waals surface area contributed by atoms with Crippen LogP contribution in [0, 0.1) is 68.0 Å². The van der Waals surface area contributed by atoms with Crippen LogP contribution in [0.15, 0.2) is 116 Å². The predicted octanol–water partition coefficient (Wildman–Crippen LogP) is 8.26. The lowest BCUT2D eigenvalue weighted by Gasteiger charge is -2.15. The summed E-state index contributed by atoms with van der Waals surface area (Å²) in [4.78, 5) is 17.9. The number of benzene rings is 5. The van der Waals surface area contributed by atoms with Crippen LogP contribution in [0.5, 0.6) is 0 Å². The first kappa shape index (κ1) is 33.2. The van der Waals surface area contributed by atoms with Crippen LogP contribution in [-0.2, 0) is 0 Å². The van der Waals surface area contributed by atoms with Crippen LogP contribution in [0.4, 0.5) is 0 Å². The maximum absolute atomic E-state index is 10.0. The third-order valence-corrected chi connectivity index (χ3v) is 9.22. The fourth-order valence-corrected chi connectivity index (χ4v) is 6.64. The quantitative estimate of drug-likeness (QED) is 0.168. The molecule has 0 aliphatic rings. The van der Waals surface area contributed by atoms with Crippen molar-refractivity contribution in [3.05, 3.63) is 149 Å². The zero-order valence-electron chi connectivity index (χ0n) is 28.4. The Balaban J connectivity index is 1.42. The second-order valence-corrected chi connectivity index (χ2v) is 12.3. The minimum atomic E-state index is 0.299. The summed E-state index contributed by atoms with van der Waals surface area (Å²) in [6.45, 7) is 0. The van der Waals surface area contributed by atoms with Crippen LogP contribution < -0.4 is 0 Å². The number of aromatic nitrogens is 5. The molecule has 5 aromatic carbocycles. The molecule has 0 saturated carbocycles. The summed E-state index contributed by atoms with van der Waals surface area (Å²) in [5, 5.41) is 59.4. The Hall–Kier alpha value is -9.00. The van der Waals surface area contributed by atoms with Crippen LogP contribution in [0.2, 0.25) is 0 Å². The van der Waals surface area contributed by atoms with Gasteiger partial charge < -0.3 is 4.57 Å². The highest BCUT2D eigenvalue weighted by molar-refractivity contribution is 6.12. The summed E-state index contributed by atoms with van der Waals surface area (Å²) in [6.07, 6.45) is 5.81. The average Bonchev–Trinajstić information content (AvgIpc) is 3.58. The van der Waals surface area contributed by atoms with Crippen LogP contribution in [-0.4, -0.2) is 24.5 Å². The first-order valence-corrected chi connectivity index (χ1v) is 16.5. The Bertz CT molecular complexity index is 3020. The summed E-state index contributed by atoms with van der Waals surface area (Å²) in [5.74, 6) is 0.739. The highest BCUT2D eigenvalue weighted by Crippen LogP contribution is 2.41. The highest BCUT2D eigenvalue weighted by atomic mass is 15.0. The van der Waals surface area contributed by atoms with Crippen molar-refractivity contribution < 1.29 is 0 Å². The zero-order chi connectivity index (χ0) is 38.1. The van der Waals surface area contributed by atoms with Crippen molar-refractivity contribution in [2.45, 2.75) is 0 Å². The van der Waals surface area contributed by atoms with E-state index >= 15 is 0 Å². The van der Waals surface area contributed by atoms with Gasteiger partial charge in [0.15, 0.2) is 11.6 Å². The molecule has 11 heteroatoms. The van der Waals surface area contributed by atoms with Crippen LogP contribution in [0.3, 0.4) is 0 Å². The lowest BCUT2D eigenvalue weighted by molar-refractivity contribution is 1.12. The summed E-state index contributed by atoms with van der Waals surface area (Å²) in [6, 6.07) is 40.2. The van der Waals surface area contributed by atoms with Crippen molar-refractivity contribution >= 4 is 21.8 Å². The van der Waals surface area contributed by atoms with E-state index in [2.05, 4.69) is 54.8 Å². The maximum Gasteiger partial charge on any atom is 0.161 e. The third kappa shape index (κ3) is 5.78. The predicted molar refractivity (Wildman–Crippen MR) is 202 cm³/mol. The minimum Gasteiger partial charge on any atom is -0.308 e. The van der Waals surface area contributed by atoms with E-state index in [9.17, 15) is 31.6 Å². The van der Waals surface area contributed by atoms with Gasteiger partial charge in [-0.2, -0.15) is 31.6 Å². The normalized spacial score (nSPS) is 10.4. The fourth-order valence-electron chi connectivity index (χ4n) is 6.64. The van der Waals surface area contributed by atoms with E-state index in [1.807, 2.05) is 60.7 Å². The summed E-state index contributed by atoms with van der Waals surface area (Å²) in [7, 11) is 0. The van der Waals surface area contributed by atoms with Crippen LogP contribution in [0.25, 0.3) is 72.5 Å². The Morgan fingerprint density at radius 2 is 0.836 bits per heavy atom. The van der Waals surface area contributed by atoms with Crippen molar-refractivity contribution in [3.63, 3.8) is 0 Å². The zero-order valence-corrected chi connectivity index (χ0v) is 28.4. The van der Waals surface area contributed by atoms with Gasteiger partial charge in [0.05, 0.1) is 74.4 Å². The average molecular weight is 702 g/mol. The molecule has 8 rings (SSSR count). The molecule has 0 aliphatic carbocycles. The first-order valence-electron chi connectivity index (χ1n) is 16.5. The fraction of sp³-hybridized carbons (Fsp3) is 0. The molecule has 0 atom stereocenters. The van der Waals surface area contributed by atoms with Gasteiger partial charge in [0.1, 0.15) is 12.1 Å². The van der Waals surface area contributed by atoms with Gasteiger partial charge in [-0.1, -0.05) is 24.3 Å². The van der Waals surface area contributed by atoms with E-state index in [0.29, 0.717) is 73.0 Å². The molecule has 0 unspecified atom stereocenters. The van der Waals surface area contributed by atoms with Crippen molar-refractivity contribution in [1.82, 2.24) is 24.5 Å². The van der Waals surface area contributed by atoms with Crippen molar-refractivity contribution in [2.75, 3.05) is 0 Å². The lowest BCUT2D eigenvalue weighted by Crippen LogP contribution is -2.01. The van der Waals surface area contributed by atoms with Gasteiger partial charge in [0.2, 0.25) is 0 Å². The number of hydrogen-bond acceptors (Lipinski definition) is 10. The number of nitriles is 6. The molecule has 0 spiro atoms. The summed E-state index contributed by atoms with van der Waals surface area (Å²) in [5.41, 5.74) is 8.54. The largest absolute Gasteiger partial charge is 0.308 e. The monoisotopic (exact) mass is 701 g/mol. The lowest BCUT2D eigenvalue weighted by atomic mass is 9.95. The highest BCUT2D eigenvalue weighted by Gasteiger charge is 2.21. The summed E-state index contributed by atoms with van der Waals surface area (Å²) < 4.78 is 2.08. The minimum absolute atomic E-state index is 0.299. The summed E-state index contributed by atoms with van der Waals surface area (Å²) >= 11 is 0. The molecule has 55 heavy (non-hydrogen) atoms. The smallest absolute Gasteiger partial charge is 0.161 e. The van der Waals surface area contributed by atoms with Gasteiger partial charge in [-0.3, -0.25) is 0 Å².